The Bertz CT molecular complexity index is 252. The number of rotatable bonds is 2. The van der Waals surface area contributed by atoms with Crippen LogP contribution in [0.3, 0.4) is 0 Å². The standard InChI is InChI=1S/C6H7F3N2O2S/c7-6(8,9)3(1-10)11-4(12)2-14-5(11)13/h3H,1-2,10H2. The van der Waals surface area contributed by atoms with Gasteiger partial charge in [0.05, 0.1) is 5.75 Å². The molecular weight excluding hydrogens is 221 g/mol. The molecule has 0 aromatic heterocycles. The van der Waals surface area contributed by atoms with Gasteiger partial charge in [-0.1, -0.05) is 11.8 Å². The van der Waals surface area contributed by atoms with Gasteiger partial charge in [0.1, 0.15) is 6.04 Å². The zero-order chi connectivity index (χ0) is 10.9. The third-order valence-corrected chi connectivity index (χ3v) is 2.53. The van der Waals surface area contributed by atoms with Crippen molar-refractivity contribution in [2.45, 2.75) is 12.2 Å². The highest BCUT2D eigenvalue weighted by molar-refractivity contribution is 8.14. The van der Waals surface area contributed by atoms with Crippen molar-refractivity contribution >= 4 is 22.9 Å². The Balaban J connectivity index is 2.89. The third kappa shape index (κ3) is 2.01. The summed E-state index contributed by atoms with van der Waals surface area (Å²) in [5.74, 6) is -1.08. The van der Waals surface area contributed by atoms with E-state index in [9.17, 15) is 22.8 Å². The van der Waals surface area contributed by atoms with Crippen LogP contribution in [0, 0.1) is 0 Å². The van der Waals surface area contributed by atoms with Crippen LogP contribution >= 0.6 is 11.8 Å². The van der Waals surface area contributed by atoms with Crippen LogP contribution in [-0.4, -0.2) is 40.6 Å². The van der Waals surface area contributed by atoms with E-state index in [2.05, 4.69) is 0 Å². The molecule has 8 heteroatoms. The normalized spacial score (nSPS) is 20.4. The van der Waals surface area contributed by atoms with Crippen LogP contribution < -0.4 is 5.73 Å². The van der Waals surface area contributed by atoms with E-state index >= 15 is 0 Å². The molecule has 1 fully saturated rings. The molecule has 1 aliphatic heterocycles. The largest absolute Gasteiger partial charge is 0.410 e. The molecule has 4 nitrogen and oxygen atoms in total. The first-order chi connectivity index (χ1) is 6.38. The number of nitrogens with two attached hydrogens (primary N) is 1. The molecule has 0 aromatic carbocycles. The predicted molar refractivity (Wildman–Crippen MR) is 43.6 cm³/mol. The Morgan fingerprint density at radius 2 is 2.07 bits per heavy atom. The Labute approximate surface area is 81.6 Å². The van der Waals surface area contributed by atoms with Crippen LogP contribution in [0.2, 0.25) is 0 Å². The summed E-state index contributed by atoms with van der Waals surface area (Å²) in [4.78, 5) is 22.1. The fourth-order valence-corrected chi connectivity index (χ4v) is 1.81. The van der Waals surface area contributed by atoms with Crippen LogP contribution in [0.15, 0.2) is 0 Å². The van der Waals surface area contributed by atoms with E-state index in [4.69, 9.17) is 5.73 Å². The molecule has 0 aromatic rings. The van der Waals surface area contributed by atoms with Crippen LogP contribution in [0.1, 0.15) is 0 Å². The van der Waals surface area contributed by atoms with E-state index in [1.807, 2.05) is 0 Å². The maximum absolute atomic E-state index is 12.3. The molecule has 1 saturated heterocycles. The minimum atomic E-state index is -4.66. The van der Waals surface area contributed by atoms with Crippen molar-refractivity contribution < 1.29 is 22.8 Å². The molecule has 2 amide bonds. The van der Waals surface area contributed by atoms with Crippen molar-refractivity contribution in [2.75, 3.05) is 12.3 Å². The number of nitrogens with zero attached hydrogens (tertiary/aromatic N) is 1. The number of hydrogen-bond donors (Lipinski definition) is 1. The molecule has 1 rings (SSSR count). The topological polar surface area (TPSA) is 63.4 Å². The van der Waals surface area contributed by atoms with Gasteiger partial charge in [0.2, 0.25) is 5.91 Å². The van der Waals surface area contributed by atoms with Gasteiger partial charge >= 0.3 is 6.18 Å². The smallest absolute Gasteiger partial charge is 0.328 e. The number of amides is 2. The second-order valence-electron chi connectivity index (χ2n) is 2.61. The van der Waals surface area contributed by atoms with Crippen LogP contribution in [0.5, 0.6) is 0 Å². The second-order valence-corrected chi connectivity index (χ2v) is 3.54. The fraction of sp³-hybridized carbons (Fsp3) is 0.667. The summed E-state index contributed by atoms with van der Waals surface area (Å²) in [6.07, 6.45) is -4.66. The monoisotopic (exact) mass is 228 g/mol. The maximum Gasteiger partial charge on any atom is 0.410 e. The molecular formula is C6H7F3N2O2S. The summed E-state index contributed by atoms with van der Waals surface area (Å²) >= 11 is 0.555. The number of alkyl halides is 3. The molecule has 80 valence electrons. The summed E-state index contributed by atoms with van der Waals surface area (Å²) < 4.78 is 36.9. The van der Waals surface area contributed by atoms with E-state index < -0.39 is 29.9 Å². The second kappa shape index (κ2) is 3.77. The molecule has 0 saturated carbocycles. The molecule has 2 N–H and O–H groups in total. The Morgan fingerprint density at radius 1 is 1.50 bits per heavy atom. The number of halogens is 3. The van der Waals surface area contributed by atoms with Crippen molar-refractivity contribution in [3.63, 3.8) is 0 Å². The number of hydrogen-bond acceptors (Lipinski definition) is 4. The van der Waals surface area contributed by atoms with E-state index in [1.165, 1.54) is 0 Å². The average molecular weight is 228 g/mol. The lowest BCUT2D eigenvalue weighted by atomic mass is 10.2. The van der Waals surface area contributed by atoms with Crippen LogP contribution in [-0.2, 0) is 4.79 Å². The summed E-state index contributed by atoms with van der Waals surface area (Å²) in [7, 11) is 0. The van der Waals surface area contributed by atoms with E-state index in [0.29, 0.717) is 11.8 Å². The maximum atomic E-state index is 12.3. The molecule has 0 aliphatic carbocycles. The van der Waals surface area contributed by atoms with Gasteiger partial charge < -0.3 is 5.73 Å². The number of thioether (sulfide) groups is 1. The van der Waals surface area contributed by atoms with Gasteiger partial charge in [0.15, 0.2) is 0 Å². The van der Waals surface area contributed by atoms with Crippen LogP contribution in [0.4, 0.5) is 18.0 Å². The van der Waals surface area contributed by atoms with Crippen molar-refractivity contribution in [1.29, 1.82) is 0 Å². The van der Waals surface area contributed by atoms with E-state index in [1.54, 1.807) is 0 Å². The first-order valence-corrected chi connectivity index (χ1v) is 4.62. The van der Waals surface area contributed by atoms with Gasteiger partial charge in [-0.05, 0) is 0 Å². The molecule has 1 unspecified atom stereocenters. The zero-order valence-corrected chi connectivity index (χ0v) is 7.69. The van der Waals surface area contributed by atoms with E-state index in [-0.39, 0.29) is 10.7 Å². The summed E-state index contributed by atoms with van der Waals surface area (Å²) in [6.45, 7) is -0.804. The zero-order valence-electron chi connectivity index (χ0n) is 6.87. The lowest BCUT2D eigenvalue weighted by Crippen LogP contribution is -2.52. The first-order valence-electron chi connectivity index (χ1n) is 3.63. The molecule has 0 bridgehead atoms. The lowest BCUT2D eigenvalue weighted by Gasteiger charge is -2.25. The molecule has 0 spiro atoms. The average Bonchev–Trinajstić information content (AvgIpc) is 2.34. The minimum absolute atomic E-state index is 0.185. The highest BCUT2D eigenvalue weighted by Gasteiger charge is 2.49. The summed E-state index contributed by atoms with van der Waals surface area (Å²) in [6, 6.07) is -2.20. The van der Waals surface area contributed by atoms with Gasteiger partial charge in [-0.2, -0.15) is 13.2 Å². The van der Waals surface area contributed by atoms with E-state index in [0.717, 1.165) is 0 Å². The van der Waals surface area contributed by atoms with Crippen molar-refractivity contribution in [3.8, 4) is 0 Å². The highest BCUT2D eigenvalue weighted by Crippen LogP contribution is 2.30. The highest BCUT2D eigenvalue weighted by atomic mass is 32.2. The van der Waals surface area contributed by atoms with Crippen LogP contribution in [0.25, 0.3) is 0 Å². The van der Waals surface area contributed by atoms with Gasteiger partial charge in [-0.3, -0.25) is 14.5 Å². The first kappa shape index (κ1) is 11.3. The summed E-state index contributed by atoms with van der Waals surface area (Å²) in [5.41, 5.74) is 4.89. The summed E-state index contributed by atoms with van der Waals surface area (Å²) in [5, 5.41) is -0.886. The molecule has 1 heterocycles. The number of carbonyl (C=O) groups excluding carboxylic acids is 2. The van der Waals surface area contributed by atoms with Gasteiger partial charge in [-0.15, -0.1) is 0 Å². The Morgan fingerprint density at radius 3 is 2.36 bits per heavy atom. The van der Waals surface area contributed by atoms with Crippen molar-refractivity contribution in [1.82, 2.24) is 4.90 Å². The fourth-order valence-electron chi connectivity index (χ4n) is 1.05. The minimum Gasteiger partial charge on any atom is -0.328 e. The molecule has 1 atom stereocenters. The number of carbonyl (C=O) groups is 2. The third-order valence-electron chi connectivity index (χ3n) is 1.70. The molecule has 1 aliphatic rings. The molecule has 0 radical (unpaired) electrons. The predicted octanol–water partition coefficient (Wildman–Crippen LogP) is 0.571. The van der Waals surface area contributed by atoms with Gasteiger partial charge in [-0.25, -0.2) is 0 Å². The van der Waals surface area contributed by atoms with Crippen molar-refractivity contribution in [2.24, 2.45) is 5.73 Å². The van der Waals surface area contributed by atoms with Gasteiger partial charge in [0, 0.05) is 6.54 Å². The number of imide groups is 1. The van der Waals surface area contributed by atoms with Gasteiger partial charge in [0.25, 0.3) is 5.24 Å². The quantitative estimate of drug-likeness (QED) is 0.750. The molecule has 14 heavy (non-hydrogen) atoms. The van der Waals surface area contributed by atoms with Crippen molar-refractivity contribution in [3.05, 3.63) is 0 Å². The SMILES string of the molecule is NCC(N1C(=O)CSC1=O)C(F)(F)F. The Kier molecular flexibility index (Phi) is 3.05. The Hall–Kier alpha value is -0.760. The lowest BCUT2D eigenvalue weighted by molar-refractivity contribution is -0.177.